The van der Waals surface area contributed by atoms with Crippen molar-refractivity contribution in [1.29, 1.82) is 0 Å². The Morgan fingerprint density at radius 2 is 1.45 bits per heavy atom. The van der Waals surface area contributed by atoms with Crippen LogP contribution in [0.15, 0.2) is 29.8 Å². The number of carbonyl (C=O) groups excluding carboxylic acids is 4. The molecule has 0 spiro atoms. The van der Waals surface area contributed by atoms with Gasteiger partial charge in [-0.15, -0.1) is 23.2 Å². The zero-order chi connectivity index (χ0) is 33.9. The van der Waals surface area contributed by atoms with Gasteiger partial charge in [0.15, 0.2) is 33.0 Å². The summed E-state index contributed by atoms with van der Waals surface area (Å²) in [4.78, 5) is 52.2. The summed E-state index contributed by atoms with van der Waals surface area (Å²) < 4.78 is 73.1. The van der Waals surface area contributed by atoms with Crippen molar-refractivity contribution in [3.05, 3.63) is 70.1 Å². The fourth-order valence-electron chi connectivity index (χ4n) is 8.55. The maximum Gasteiger partial charge on any atom is 0.258 e. The Bertz CT molecular complexity index is 1800. The number of hydrogen-bond donors (Lipinski definition) is 1. The minimum atomic E-state index is -2.68. The van der Waals surface area contributed by atoms with Crippen molar-refractivity contribution in [3.8, 4) is 5.75 Å². The van der Waals surface area contributed by atoms with Gasteiger partial charge in [-0.05, 0) is 44.1 Å². The van der Waals surface area contributed by atoms with Crippen molar-refractivity contribution in [2.45, 2.75) is 73.6 Å². The average Bonchev–Trinajstić information content (AvgIpc) is 3.39. The topological polar surface area (TPSA) is 95.0 Å². The third-order valence-electron chi connectivity index (χ3n) is 10.8. The largest absolute Gasteiger partial charge is 0.507 e. The summed E-state index contributed by atoms with van der Waals surface area (Å²) >= 11 is 14.2. The van der Waals surface area contributed by atoms with Crippen LogP contribution in [0.4, 0.5) is 27.6 Å². The summed E-state index contributed by atoms with van der Waals surface area (Å²) in [5.41, 5.74) is -1.24. The monoisotopic (exact) mass is 696 g/mol. The Labute approximate surface area is 275 Å². The number of hydrogen-bond acceptors (Lipinski definition) is 5. The molecule has 1 N–H and O–H groups in total. The normalized spacial score (nSPS) is 32.5. The number of imide groups is 2. The van der Waals surface area contributed by atoms with Gasteiger partial charge >= 0.3 is 0 Å². The van der Waals surface area contributed by atoms with E-state index in [1.54, 1.807) is 19.1 Å². The molecule has 7 nitrogen and oxygen atoms in total. The van der Waals surface area contributed by atoms with Gasteiger partial charge in [-0.1, -0.05) is 49.1 Å². The number of aromatic hydroxyl groups is 1. The summed E-state index contributed by atoms with van der Waals surface area (Å²) in [5.74, 6) is -20.9. The van der Waals surface area contributed by atoms with Gasteiger partial charge in [-0.25, -0.2) is 26.9 Å². The Hall–Kier alpha value is -3.51. The number of phenolic OH excluding ortho intramolecular Hbond substituents is 1. The predicted octanol–water partition coefficient (Wildman–Crippen LogP) is 6.29. The van der Waals surface area contributed by atoms with Crippen LogP contribution in [0.2, 0.25) is 0 Å². The first-order valence-electron chi connectivity index (χ1n) is 15.3. The molecule has 3 aliphatic carbocycles. The maximum absolute atomic E-state index is 15.2. The van der Waals surface area contributed by atoms with E-state index in [4.69, 9.17) is 23.2 Å². The number of allylic oxidation sites excluding steroid dienone is 2. The number of anilines is 1. The van der Waals surface area contributed by atoms with E-state index >= 15 is 8.78 Å². The van der Waals surface area contributed by atoms with Crippen LogP contribution in [0.1, 0.15) is 62.0 Å². The fraction of sp³-hybridized carbons (Fsp3) is 0.455. The lowest BCUT2D eigenvalue weighted by atomic mass is 9.56. The molecule has 0 unspecified atom stereocenters. The Morgan fingerprint density at radius 3 is 2.09 bits per heavy atom. The molecule has 4 amide bonds. The zero-order valence-corrected chi connectivity index (χ0v) is 26.3. The molecular formula is C33H27Cl2F5N2O5. The summed E-state index contributed by atoms with van der Waals surface area (Å²) in [6.07, 6.45) is 5.00. The van der Waals surface area contributed by atoms with Gasteiger partial charge in [0.25, 0.3) is 11.8 Å². The quantitative estimate of drug-likeness (QED) is 0.102. The zero-order valence-electron chi connectivity index (χ0n) is 24.8. The number of amides is 4. The number of fused-ring (bicyclic) bond motifs is 4. The molecule has 14 heteroatoms. The molecule has 0 bridgehead atoms. The van der Waals surface area contributed by atoms with E-state index in [-0.39, 0.29) is 34.6 Å². The highest BCUT2D eigenvalue weighted by atomic mass is 35.5. The average molecular weight is 697 g/mol. The number of aryl methyl sites for hydroxylation is 1. The third kappa shape index (κ3) is 4.03. The summed E-state index contributed by atoms with van der Waals surface area (Å²) in [7, 11) is 0. The molecule has 4 fully saturated rings. The number of phenols is 1. The van der Waals surface area contributed by atoms with Crippen LogP contribution in [0, 0.1) is 53.8 Å². The number of para-hydroxylation sites is 1. The van der Waals surface area contributed by atoms with Crippen LogP contribution in [-0.2, 0) is 19.2 Å². The first-order valence-corrected chi connectivity index (χ1v) is 16.1. The Balaban J connectivity index is 1.43. The van der Waals surface area contributed by atoms with E-state index < -0.39 is 92.3 Å². The van der Waals surface area contributed by atoms with E-state index in [0.29, 0.717) is 24.0 Å². The van der Waals surface area contributed by atoms with Crippen molar-refractivity contribution in [3.63, 3.8) is 0 Å². The SMILES string of the molecule is Cc1cccc([C@H]2C3=CC[C@@H]4C(=O)N(C5CCCCC5)C(=O)[C@@H]4[C@@H]3C[C@@]3(Cl)C(=O)N(c4c(F)c(F)c(F)c(F)c4F)C(=O)[C@@]23Cl)c1O. The molecule has 7 rings (SSSR count). The van der Waals surface area contributed by atoms with Gasteiger partial charge in [0, 0.05) is 17.5 Å². The standard InChI is InChI=1S/C33H27Cl2F5N2O5/c1-13-6-5-9-17(27(13)43)20-15-10-11-16-19(29(45)41(28(16)44)14-7-3-2-4-8-14)18(15)12-32(34)30(46)42(31(47)33(20,32)35)26-24(39)22(37)21(36)23(38)25(26)40/h5-6,9-10,14,16,18-20,43H,2-4,7-8,11-12H2,1H3/t16-,18+,19-,20+,32+,33-/m0/s1. The molecule has 6 atom stereocenters. The second-order valence-electron chi connectivity index (χ2n) is 13.0. The van der Waals surface area contributed by atoms with Gasteiger partial charge in [0.1, 0.15) is 11.4 Å². The third-order valence-corrected chi connectivity index (χ3v) is 12.2. The van der Waals surface area contributed by atoms with E-state index in [0.717, 1.165) is 19.3 Å². The molecule has 2 aliphatic heterocycles. The molecule has 2 saturated heterocycles. The summed E-state index contributed by atoms with van der Waals surface area (Å²) in [6.45, 7) is 1.54. The molecule has 5 aliphatic rings. The summed E-state index contributed by atoms with van der Waals surface area (Å²) in [5, 5.41) is 11.2. The van der Waals surface area contributed by atoms with Crippen LogP contribution in [-0.4, -0.2) is 49.4 Å². The van der Waals surface area contributed by atoms with E-state index in [1.807, 2.05) is 0 Å². The van der Waals surface area contributed by atoms with E-state index in [2.05, 4.69) is 0 Å². The van der Waals surface area contributed by atoms with Gasteiger partial charge < -0.3 is 5.11 Å². The molecule has 2 heterocycles. The van der Waals surface area contributed by atoms with Crippen molar-refractivity contribution in [2.24, 2.45) is 17.8 Å². The number of halogens is 7. The first kappa shape index (κ1) is 32.1. The Morgan fingerprint density at radius 1 is 0.830 bits per heavy atom. The Kier molecular flexibility index (Phi) is 7.33. The lowest BCUT2D eigenvalue weighted by Gasteiger charge is -2.50. The van der Waals surface area contributed by atoms with Crippen molar-refractivity contribution < 1.29 is 46.2 Å². The van der Waals surface area contributed by atoms with E-state index in [1.165, 1.54) is 17.0 Å². The second kappa shape index (κ2) is 10.7. The van der Waals surface area contributed by atoms with Crippen LogP contribution in [0.5, 0.6) is 5.75 Å². The van der Waals surface area contributed by atoms with Crippen LogP contribution >= 0.6 is 23.2 Å². The number of likely N-dealkylation sites (tertiary alicyclic amines) is 1. The number of carbonyl (C=O) groups is 4. The van der Waals surface area contributed by atoms with Crippen molar-refractivity contribution >= 4 is 52.5 Å². The number of nitrogens with zero attached hydrogens (tertiary/aromatic N) is 2. The van der Waals surface area contributed by atoms with Gasteiger partial charge in [-0.2, -0.15) is 0 Å². The summed E-state index contributed by atoms with van der Waals surface area (Å²) in [6, 6.07) is 4.16. The second-order valence-corrected chi connectivity index (χ2v) is 14.3. The molecule has 2 saturated carbocycles. The highest BCUT2D eigenvalue weighted by Crippen LogP contribution is 2.67. The minimum absolute atomic E-state index is 0.0132. The molecule has 248 valence electrons. The van der Waals surface area contributed by atoms with Gasteiger partial charge in [0.2, 0.25) is 17.6 Å². The lowest BCUT2D eigenvalue weighted by molar-refractivity contribution is -0.143. The van der Waals surface area contributed by atoms with Crippen molar-refractivity contribution in [1.82, 2.24) is 4.90 Å². The predicted molar refractivity (Wildman–Crippen MR) is 158 cm³/mol. The van der Waals surface area contributed by atoms with E-state index in [9.17, 15) is 37.5 Å². The van der Waals surface area contributed by atoms with Gasteiger partial charge in [0.05, 0.1) is 11.8 Å². The van der Waals surface area contributed by atoms with Crippen molar-refractivity contribution in [2.75, 3.05) is 4.90 Å². The number of rotatable bonds is 3. The number of alkyl halides is 2. The number of benzene rings is 2. The minimum Gasteiger partial charge on any atom is -0.507 e. The molecule has 2 aromatic carbocycles. The van der Waals surface area contributed by atoms with Crippen LogP contribution in [0.3, 0.4) is 0 Å². The molecule has 0 aromatic heterocycles. The fourth-order valence-corrected chi connectivity index (χ4v) is 9.48. The van der Waals surface area contributed by atoms with Gasteiger partial charge in [-0.3, -0.25) is 24.1 Å². The molecule has 2 aromatic rings. The molecule has 47 heavy (non-hydrogen) atoms. The first-order chi connectivity index (χ1) is 22.2. The lowest BCUT2D eigenvalue weighted by Crippen LogP contribution is -2.60. The maximum atomic E-state index is 15.2. The van der Waals surface area contributed by atoms with Crippen LogP contribution < -0.4 is 4.90 Å². The molecular weight excluding hydrogens is 670 g/mol. The highest BCUT2D eigenvalue weighted by molar-refractivity contribution is 6.58. The van der Waals surface area contributed by atoms with Crippen LogP contribution in [0.25, 0.3) is 0 Å². The molecule has 0 radical (unpaired) electrons. The smallest absolute Gasteiger partial charge is 0.258 e. The highest BCUT2D eigenvalue weighted by Gasteiger charge is 2.77.